The number of nitrogens with zero attached hydrogens (tertiary/aromatic N) is 3. The first-order chi connectivity index (χ1) is 14.7. The van der Waals surface area contributed by atoms with Crippen LogP contribution in [-0.2, 0) is 19.5 Å². The molecule has 4 aromatic rings. The van der Waals surface area contributed by atoms with Gasteiger partial charge in [-0.15, -0.1) is 0 Å². The van der Waals surface area contributed by atoms with Crippen LogP contribution in [0.15, 0.2) is 60.8 Å². The molecule has 1 aliphatic heterocycles. The number of rotatable bonds is 4. The van der Waals surface area contributed by atoms with Crippen molar-refractivity contribution in [1.29, 1.82) is 0 Å². The Morgan fingerprint density at radius 2 is 1.73 bits per heavy atom. The molecule has 0 spiro atoms. The second kappa shape index (κ2) is 7.52. The Bertz CT molecular complexity index is 1210. The highest BCUT2D eigenvalue weighted by Gasteiger charge is 2.22. The van der Waals surface area contributed by atoms with E-state index in [-0.39, 0.29) is 0 Å². The molecule has 0 bridgehead atoms. The van der Waals surface area contributed by atoms with Crippen molar-refractivity contribution in [3.05, 3.63) is 88.7 Å². The van der Waals surface area contributed by atoms with Gasteiger partial charge in [0.15, 0.2) is 0 Å². The topological polar surface area (TPSA) is 30.3 Å². The number of ether oxygens (including phenoxy) is 1. The number of aromatic nitrogens is 2. The van der Waals surface area contributed by atoms with Gasteiger partial charge in [-0.2, -0.15) is 0 Å². The lowest BCUT2D eigenvalue weighted by atomic mass is 9.99. The molecule has 0 fully saturated rings. The molecule has 0 amide bonds. The largest absolute Gasteiger partial charge is 0.497 e. The third kappa shape index (κ3) is 3.13. The number of hydrogen-bond acceptors (Lipinski definition) is 3. The average molecular weight is 398 g/mol. The summed E-state index contributed by atoms with van der Waals surface area (Å²) in [6.45, 7) is 7.19. The lowest BCUT2D eigenvalue weighted by molar-refractivity contribution is 0.414. The maximum absolute atomic E-state index is 5.32. The summed E-state index contributed by atoms with van der Waals surface area (Å²) in [6, 6.07) is 19.3. The van der Waals surface area contributed by atoms with E-state index in [4.69, 9.17) is 9.72 Å². The molecule has 0 atom stereocenters. The molecule has 30 heavy (non-hydrogen) atoms. The fourth-order valence-electron chi connectivity index (χ4n) is 4.59. The van der Waals surface area contributed by atoms with E-state index in [2.05, 4.69) is 65.8 Å². The van der Waals surface area contributed by atoms with Gasteiger partial charge in [0.25, 0.3) is 0 Å². The lowest BCUT2D eigenvalue weighted by Crippen LogP contribution is -2.30. The maximum atomic E-state index is 5.32. The molecule has 0 aliphatic carbocycles. The van der Waals surface area contributed by atoms with Gasteiger partial charge < -0.3 is 14.2 Å². The second-order valence-electron chi connectivity index (χ2n) is 8.11. The van der Waals surface area contributed by atoms with E-state index in [0.717, 1.165) is 37.3 Å². The first-order valence-corrected chi connectivity index (χ1v) is 10.5. The predicted molar refractivity (Wildman–Crippen MR) is 122 cm³/mol. The van der Waals surface area contributed by atoms with Crippen LogP contribution < -0.4 is 9.64 Å². The van der Waals surface area contributed by atoms with Crippen molar-refractivity contribution >= 4 is 16.7 Å². The van der Waals surface area contributed by atoms with E-state index in [1.54, 1.807) is 7.11 Å². The monoisotopic (exact) mass is 397 g/mol. The molecular weight excluding hydrogens is 370 g/mol. The van der Waals surface area contributed by atoms with Gasteiger partial charge in [0.1, 0.15) is 5.75 Å². The predicted octanol–water partition coefficient (Wildman–Crippen LogP) is 5.27. The molecule has 152 valence electrons. The highest BCUT2D eigenvalue weighted by atomic mass is 16.5. The van der Waals surface area contributed by atoms with Crippen molar-refractivity contribution in [2.75, 3.05) is 18.6 Å². The summed E-state index contributed by atoms with van der Waals surface area (Å²) < 4.78 is 7.75. The molecule has 1 aliphatic rings. The van der Waals surface area contributed by atoms with Crippen molar-refractivity contribution in [3.8, 4) is 5.75 Å². The third-order valence-electron chi connectivity index (χ3n) is 6.45. The van der Waals surface area contributed by atoms with Gasteiger partial charge in [0.05, 0.1) is 23.8 Å². The summed E-state index contributed by atoms with van der Waals surface area (Å²) in [6.07, 6.45) is 3.04. The normalized spacial score (nSPS) is 13.5. The lowest BCUT2D eigenvalue weighted by Gasteiger charge is -2.31. The Kier molecular flexibility index (Phi) is 4.70. The van der Waals surface area contributed by atoms with Crippen LogP contribution >= 0.6 is 0 Å². The number of pyridine rings is 1. The van der Waals surface area contributed by atoms with Crippen LogP contribution in [0.4, 0.5) is 5.69 Å². The zero-order chi connectivity index (χ0) is 20.7. The fraction of sp³-hybridized carbons (Fsp3) is 0.269. The van der Waals surface area contributed by atoms with Crippen LogP contribution in [0, 0.1) is 13.8 Å². The molecule has 3 heterocycles. The van der Waals surface area contributed by atoms with Crippen molar-refractivity contribution in [2.24, 2.45) is 0 Å². The molecule has 2 aromatic carbocycles. The van der Waals surface area contributed by atoms with Crippen LogP contribution in [0.3, 0.4) is 0 Å². The van der Waals surface area contributed by atoms with E-state index < -0.39 is 0 Å². The molecule has 0 saturated heterocycles. The van der Waals surface area contributed by atoms with Crippen LogP contribution in [0.25, 0.3) is 11.0 Å². The van der Waals surface area contributed by atoms with Crippen molar-refractivity contribution in [3.63, 3.8) is 0 Å². The van der Waals surface area contributed by atoms with E-state index in [9.17, 15) is 0 Å². The minimum atomic E-state index is 0.823. The zero-order valence-corrected chi connectivity index (χ0v) is 17.9. The van der Waals surface area contributed by atoms with Gasteiger partial charge >= 0.3 is 0 Å². The first kappa shape index (κ1) is 18.7. The van der Waals surface area contributed by atoms with Gasteiger partial charge in [-0.05, 0) is 60.7 Å². The van der Waals surface area contributed by atoms with Crippen molar-refractivity contribution < 1.29 is 4.74 Å². The number of fused-ring (bicyclic) bond motifs is 2. The molecule has 0 N–H and O–H groups in total. The third-order valence-corrected chi connectivity index (χ3v) is 6.45. The molecule has 0 unspecified atom stereocenters. The van der Waals surface area contributed by atoms with Gasteiger partial charge in [0.2, 0.25) is 0 Å². The fourth-order valence-corrected chi connectivity index (χ4v) is 4.59. The highest BCUT2D eigenvalue weighted by molar-refractivity contribution is 5.92. The molecule has 0 radical (unpaired) electrons. The Hall–Kier alpha value is -3.27. The van der Waals surface area contributed by atoms with Crippen LogP contribution in [0.2, 0.25) is 0 Å². The van der Waals surface area contributed by atoms with Crippen LogP contribution in [0.5, 0.6) is 5.75 Å². The number of hydrogen-bond donors (Lipinski definition) is 0. The standard InChI is InChI=1S/C26H27N3O/c1-18-19(2)29(16-20-8-10-23(30-3)11-9-20)26-24(12-14-27-25(18)26)28-15-13-21-6-4-5-7-22(21)17-28/h4-12,14H,13,15-17H2,1-3H3. The van der Waals surface area contributed by atoms with Gasteiger partial charge in [-0.25, -0.2) is 0 Å². The molecule has 0 saturated carbocycles. The van der Waals surface area contributed by atoms with Crippen molar-refractivity contribution in [2.45, 2.75) is 33.4 Å². The van der Waals surface area contributed by atoms with E-state index in [1.165, 1.54) is 39.2 Å². The van der Waals surface area contributed by atoms with Crippen LogP contribution in [-0.4, -0.2) is 23.2 Å². The summed E-state index contributed by atoms with van der Waals surface area (Å²) in [5.41, 5.74) is 10.3. The SMILES string of the molecule is COc1ccc(Cn2c(C)c(C)c3nccc(N4CCc5ccccc5C4)c32)cc1. The minimum absolute atomic E-state index is 0.823. The molecule has 5 rings (SSSR count). The summed E-state index contributed by atoms with van der Waals surface area (Å²) in [4.78, 5) is 7.27. The average Bonchev–Trinajstić information content (AvgIpc) is 3.04. The Balaban J connectivity index is 1.59. The summed E-state index contributed by atoms with van der Waals surface area (Å²) >= 11 is 0. The molecule has 4 heteroatoms. The number of methoxy groups -OCH3 is 1. The Morgan fingerprint density at radius 3 is 2.50 bits per heavy atom. The molecular formula is C26H27N3O. The quantitative estimate of drug-likeness (QED) is 0.470. The Labute approximate surface area is 177 Å². The number of aryl methyl sites for hydroxylation is 1. The molecule has 4 nitrogen and oxygen atoms in total. The summed E-state index contributed by atoms with van der Waals surface area (Å²) in [5.74, 6) is 0.887. The van der Waals surface area contributed by atoms with Gasteiger partial charge in [0, 0.05) is 31.5 Å². The molecule has 2 aromatic heterocycles. The highest BCUT2D eigenvalue weighted by Crippen LogP contribution is 2.34. The van der Waals surface area contributed by atoms with Gasteiger partial charge in [-0.1, -0.05) is 36.4 Å². The minimum Gasteiger partial charge on any atom is -0.497 e. The van der Waals surface area contributed by atoms with E-state index in [1.807, 2.05) is 18.3 Å². The zero-order valence-electron chi connectivity index (χ0n) is 17.9. The smallest absolute Gasteiger partial charge is 0.118 e. The summed E-state index contributed by atoms with van der Waals surface area (Å²) in [7, 11) is 1.71. The second-order valence-corrected chi connectivity index (χ2v) is 8.11. The van der Waals surface area contributed by atoms with Crippen molar-refractivity contribution in [1.82, 2.24) is 9.55 Å². The Morgan fingerprint density at radius 1 is 0.967 bits per heavy atom. The first-order valence-electron chi connectivity index (χ1n) is 10.5. The number of benzene rings is 2. The van der Waals surface area contributed by atoms with E-state index in [0.29, 0.717) is 0 Å². The number of anilines is 1. The van der Waals surface area contributed by atoms with E-state index >= 15 is 0 Å². The maximum Gasteiger partial charge on any atom is 0.118 e. The summed E-state index contributed by atoms with van der Waals surface area (Å²) in [5, 5.41) is 0. The van der Waals surface area contributed by atoms with Gasteiger partial charge in [-0.3, -0.25) is 4.98 Å². The van der Waals surface area contributed by atoms with Crippen LogP contribution in [0.1, 0.15) is 27.9 Å².